The third-order valence-corrected chi connectivity index (χ3v) is 5.48. The van der Waals surface area contributed by atoms with Crippen molar-refractivity contribution in [3.05, 3.63) is 82.3 Å². The van der Waals surface area contributed by atoms with Gasteiger partial charge in [0.1, 0.15) is 0 Å². The van der Waals surface area contributed by atoms with Gasteiger partial charge < -0.3 is 0 Å². The molecule has 0 aromatic heterocycles. The van der Waals surface area contributed by atoms with E-state index in [1.54, 1.807) is 0 Å². The van der Waals surface area contributed by atoms with E-state index in [-0.39, 0.29) is 0 Å². The molecule has 0 saturated heterocycles. The largest absolute Gasteiger partial charge is 0.175 e. The number of benzene rings is 3. The highest BCUT2D eigenvalue weighted by molar-refractivity contribution is 9.10. The Kier molecular flexibility index (Phi) is 5.52. The van der Waals surface area contributed by atoms with Gasteiger partial charge in [-0.15, -0.1) is 0 Å². The number of hydrogen-bond acceptors (Lipinski definition) is 2. The van der Waals surface area contributed by atoms with Gasteiger partial charge in [0.05, 0.1) is 0 Å². The Morgan fingerprint density at radius 1 is 0.609 bits per heavy atom. The molecule has 0 unspecified atom stereocenters. The van der Waals surface area contributed by atoms with Crippen molar-refractivity contribution in [3.63, 3.8) is 0 Å². The summed E-state index contributed by atoms with van der Waals surface area (Å²) < 4.78 is 1.12. The molecule has 0 atom stereocenters. The van der Waals surface area contributed by atoms with Crippen molar-refractivity contribution in [2.75, 3.05) is 0 Å². The van der Waals surface area contributed by atoms with Crippen molar-refractivity contribution in [2.45, 2.75) is 11.5 Å². The fourth-order valence-electron chi connectivity index (χ4n) is 2.56. The summed E-state index contributed by atoms with van der Waals surface area (Å²) in [5, 5.41) is 0. The van der Waals surface area contributed by atoms with Crippen molar-refractivity contribution in [2.24, 2.45) is 0 Å². The molecule has 3 aromatic carbocycles. The smallest absolute Gasteiger partial charge is 0.0332 e. The predicted octanol–water partition coefficient (Wildman–Crippen LogP) is 6.64. The summed E-state index contributed by atoms with van der Waals surface area (Å²) in [5.41, 5.74) is 7.27. The molecular weight excluding hydrogens is 384 g/mol. The zero-order valence-electron chi connectivity index (χ0n) is 12.5. The first-order valence-corrected chi connectivity index (χ1v) is 9.47. The van der Waals surface area contributed by atoms with Gasteiger partial charge in [-0.05, 0) is 49.3 Å². The maximum atomic E-state index is 4.32. The average molecular weight is 401 g/mol. The molecule has 0 nitrogen and oxygen atoms in total. The van der Waals surface area contributed by atoms with Crippen LogP contribution in [0.5, 0.6) is 0 Å². The predicted molar refractivity (Wildman–Crippen MR) is 110 cm³/mol. The van der Waals surface area contributed by atoms with E-state index in [4.69, 9.17) is 0 Å². The second-order valence-corrected chi connectivity index (χ2v) is 6.80. The van der Waals surface area contributed by atoms with E-state index < -0.39 is 0 Å². The molecule has 23 heavy (non-hydrogen) atoms. The van der Waals surface area contributed by atoms with E-state index >= 15 is 0 Å². The molecule has 0 aliphatic carbocycles. The van der Waals surface area contributed by atoms with E-state index in [1.807, 2.05) is 0 Å². The quantitative estimate of drug-likeness (QED) is 0.450. The van der Waals surface area contributed by atoms with E-state index in [0.717, 1.165) is 16.0 Å². The van der Waals surface area contributed by atoms with Crippen molar-refractivity contribution in [3.8, 4) is 22.3 Å². The van der Waals surface area contributed by atoms with E-state index in [1.165, 1.54) is 33.4 Å². The minimum absolute atomic E-state index is 0.763. The van der Waals surface area contributed by atoms with Crippen molar-refractivity contribution >= 4 is 41.2 Å². The summed E-state index contributed by atoms with van der Waals surface area (Å²) in [7, 11) is 0. The maximum Gasteiger partial charge on any atom is 0.0332 e. The second kappa shape index (κ2) is 7.61. The van der Waals surface area contributed by atoms with E-state index in [0.29, 0.717) is 0 Å². The van der Waals surface area contributed by atoms with Crippen LogP contribution in [0.2, 0.25) is 0 Å². The fourth-order valence-corrected chi connectivity index (χ4v) is 3.70. The second-order valence-electron chi connectivity index (χ2n) is 5.38. The number of halogens is 1. The van der Waals surface area contributed by atoms with Gasteiger partial charge in [-0.25, -0.2) is 0 Å². The Balaban J connectivity index is 2.02. The normalized spacial score (nSPS) is 10.7. The maximum absolute atomic E-state index is 4.32. The van der Waals surface area contributed by atoms with Crippen LogP contribution >= 0.6 is 41.2 Å². The minimum Gasteiger partial charge on any atom is -0.175 e. The molecule has 3 rings (SSSR count). The molecule has 0 amide bonds. The van der Waals surface area contributed by atoms with Crippen LogP contribution in [0, 0.1) is 0 Å². The first kappa shape index (κ1) is 16.7. The third kappa shape index (κ3) is 3.68. The van der Waals surface area contributed by atoms with Crippen molar-refractivity contribution < 1.29 is 0 Å². The molecule has 0 aliphatic rings. The summed E-state index contributed by atoms with van der Waals surface area (Å²) in [4.78, 5) is 0. The van der Waals surface area contributed by atoms with Gasteiger partial charge in [-0.3, -0.25) is 0 Å². The van der Waals surface area contributed by atoms with Crippen LogP contribution in [0.15, 0.2) is 71.2 Å². The summed E-state index contributed by atoms with van der Waals surface area (Å²) in [6.45, 7) is 0. The zero-order chi connectivity index (χ0) is 16.2. The molecular formula is C20H17BrS2. The van der Waals surface area contributed by atoms with Gasteiger partial charge in [0.2, 0.25) is 0 Å². The van der Waals surface area contributed by atoms with Gasteiger partial charge in [0.25, 0.3) is 0 Å². The van der Waals surface area contributed by atoms with Crippen LogP contribution in [0.25, 0.3) is 22.3 Å². The summed E-state index contributed by atoms with van der Waals surface area (Å²) in [6.07, 6.45) is 0. The molecule has 3 heteroatoms. The summed E-state index contributed by atoms with van der Waals surface area (Å²) in [5.74, 6) is 1.53. The van der Waals surface area contributed by atoms with Gasteiger partial charge in [0, 0.05) is 16.0 Å². The van der Waals surface area contributed by atoms with Crippen molar-refractivity contribution in [1.29, 1.82) is 0 Å². The van der Waals surface area contributed by atoms with Crippen LogP contribution in [-0.2, 0) is 11.5 Å². The fraction of sp³-hybridized carbons (Fsp3) is 0.100. The first-order chi connectivity index (χ1) is 11.2. The molecule has 0 radical (unpaired) electrons. The van der Waals surface area contributed by atoms with Gasteiger partial charge >= 0.3 is 0 Å². The number of hydrogen-bond donors (Lipinski definition) is 2. The Morgan fingerprint density at radius 3 is 1.35 bits per heavy atom. The highest BCUT2D eigenvalue weighted by Crippen LogP contribution is 2.36. The molecule has 0 fully saturated rings. The van der Waals surface area contributed by atoms with Crippen LogP contribution in [0.3, 0.4) is 0 Å². The SMILES string of the molecule is SCc1ccc(-c2cccc(-c3ccc(CS)cc3)c2Br)cc1. The lowest BCUT2D eigenvalue weighted by molar-refractivity contribution is 1.42. The topological polar surface area (TPSA) is 0 Å². The monoisotopic (exact) mass is 400 g/mol. The lowest BCUT2D eigenvalue weighted by atomic mass is 9.98. The summed E-state index contributed by atoms with van der Waals surface area (Å²) >= 11 is 12.4. The summed E-state index contributed by atoms with van der Waals surface area (Å²) in [6, 6.07) is 23.5. The Labute approximate surface area is 156 Å². The van der Waals surface area contributed by atoms with Gasteiger partial charge in [0.15, 0.2) is 0 Å². The molecule has 0 bridgehead atoms. The molecule has 116 valence electrons. The standard InChI is InChI=1S/C20H17BrS2/c21-20-18(16-8-4-14(12-22)5-9-16)2-1-3-19(20)17-10-6-15(13-23)7-11-17/h1-11,22-23H,12-13H2. The third-order valence-electron chi connectivity index (χ3n) is 3.89. The van der Waals surface area contributed by atoms with Gasteiger partial charge in [-0.2, -0.15) is 25.3 Å². The molecule has 0 spiro atoms. The molecule has 0 saturated carbocycles. The lowest BCUT2D eigenvalue weighted by Crippen LogP contribution is -1.87. The zero-order valence-corrected chi connectivity index (χ0v) is 15.9. The van der Waals surface area contributed by atoms with Crippen LogP contribution in [0.1, 0.15) is 11.1 Å². The Hall–Kier alpha value is -1.16. The molecule has 3 aromatic rings. The Morgan fingerprint density at radius 2 is 1.00 bits per heavy atom. The average Bonchev–Trinajstić information content (AvgIpc) is 2.62. The molecule has 0 N–H and O–H groups in total. The van der Waals surface area contributed by atoms with Crippen LogP contribution in [0.4, 0.5) is 0 Å². The van der Waals surface area contributed by atoms with E-state index in [2.05, 4.69) is 108 Å². The van der Waals surface area contributed by atoms with Crippen LogP contribution < -0.4 is 0 Å². The van der Waals surface area contributed by atoms with E-state index in [9.17, 15) is 0 Å². The van der Waals surface area contributed by atoms with Crippen LogP contribution in [-0.4, -0.2) is 0 Å². The Bertz CT molecular complexity index is 727. The highest BCUT2D eigenvalue weighted by atomic mass is 79.9. The number of rotatable bonds is 4. The van der Waals surface area contributed by atoms with Gasteiger partial charge in [-0.1, -0.05) is 66.7 Å². The minimum atomic E-state index is 0.763. The highest BCUT2D eigenvalue weighted by Gasteiger charge is 2.09. The van der Waals surface area contributed by atoms with Crippen molar-refractivity contribution in [1.82, 2.24) is 0 Å². The molecule has 0 aliphatic heterocycles. The number of thiol groups is 2. The lowest BCUT2D eigenvalue weighted by Gasteiger charge is -2.11. The first-order valence-electron chi connectivity index (χ1n) is 7.42. The molecule has 0 heterocycles.